The van der Waals surface area contributed by atoms with Crippen LogP contribution in [0.25, 0.3) is 0 Å². The fourth-order valence-electron chi connectivity index (χ4n) is 2.01. The molecule has 2 rings (SSSR count). The second-order valence-electron chi connectivity index (χ2n) is 5.20. The standard InChI is InChI=1S/C18H17ClF2N2O4/c1-25-16-8-13(4-7-15(16)27-18(20)21)10-23-26-11-17(24)22-9-12-2-5-14(19)6-3-12/h2-8,10,18H,9,11H2,1H3,(H,22,24)/b23-10-. The summed E-state index contributed by atoms with van der Waals surface area (Å²) in [4.78, 5) is 16.6. The Morgan fingerprint density at radius 2 is 1.96 bits per heavy atom. The molecule has 1 amide bonds. The molecule has 0 heterocycles. The monoisotopic (exact) mass is 398 g/mol. The van der Waals surface area contributed by atoms with Crippen molar-refractivity contribution in [2.75, 3.05) is 13.7 Å². The van der Waals surface area contributed by atoms with E-state index in [0.29, 0.717) is 17.1 Å². The average Bonchev–Trinajstić information content (AvgIpc) is 2.65. The van der Waals surface area contributed by atoms with E-state index in [-0.39, 0.29) is 24.0 Å². The molecule has 2 aromatic carbocycles. The summed E-state index contributed by atoms with van der Waals surface area (Å²) in [5, 5.41) is 6.96. The van der Waals surface area contributed by atoms with Crippen LogP contribution in [0.15, 0.2) is 47.6 Å². The van der Waals surface area contributed by atoms with E-state index in [1.807, 2.05) is 0 Å². The fraction of sp³-hybridized carbons (Fsp3) is 0.222. The summed E-state index contributed by atoms with van der Waals surface area (Å²) in [6, 6.07) is 11.3. The van der Waals surface area contributed by atoms with Gasteiger partial charge in [-0.2, -0.15) is 8.78 Å². The lowest BCUT2D eigenvalue weighted by atomic mass is 10.2. The highest BCUT2D eigenvalue weighted by Gasteiger charge is 2.10. The lowest BCUT2D eigenvalue weighted by Gasteiger charge is -2.09. The Bertz CT molecular complexity index is 785. The maximum absolute atomic E-state index is 12.3. The summed E-state index contributed by atoms with van der Waals surface area (Å²) in [6.45, 7) is -2.88. The Labute approximate surface area is 159 Å². The number of rotatable bonds is 9. The summed E-state index contributed by atoms with van der Waals surface area (Å²) in [5.41, 5.74) is 1.42. The van der Waals surface area contributed by atoms with Crippen LogP contribution < -0.4 is 14.8 Å². The zero-order valence-electron chi connectivity index (χ0n) is 14.3. The molecule has 9 heteroatoms. The van der Waals surface area contributed by atoms with Crippen molar-refractivity contribution < 1.29 is 27.9 Å². The molecule has 0 atom stereocenters. The zero-order valence-corrected chi connectivity index (χ0v) is 15.1. The number of hydrogen-bond acceptors (Lipinski definition) is 5. The predicted octanol–water partition coefficient (Wildman–Crippen LogP) is 3.62. The third kappa shape index (κ3) is 7.10. The van der Waals surface area contributed by atoms with E-state index in [9.17, 15) is 13.6 Å². The summed E-state index contributed by atoms with van der Waals surface area (Å²) >= 11 is 5.79. The van der Waals surface area contributed by atoms with Crippen molar-refractivity contribution in [2.45, 2.75) is 13.2 Å². The molecule has 144 valence electrons. The molecule has 27 heavy (non-hydrogen) atoms. The van der Waals surface area contributed by atoms with Crippen LogP contribution in [-0.4, -0.2) is 32.4 Å². The van der Waals surface area contributed by atoms with Crippen molar-refractivity contribution in [1.82, 2.24) is 5.32 Å². The minimum atomic E-state index is -2.95. The first-order valence-corrected chi connectivity index (χ1v) is 8.15. The number of nitrogens with one attached hydrogen (secondary N) is 1. The third-order valence-corrected chi connectivity index (χ3v) is 3.53. The van der Waals surface area contributed by atoms with Crippen LogP contribution in [-0.2, 0) is 16.2 Å². The van der Waals surface area contributed by atoms with Crippen molar-refractivity contribution in [3.8, 4) is 11.5 Å². The summed E-state index contributed by atoms with van der Waals surface area (Å²) in [5.74, 6) is -0.313. The highest BCUT2D eigenvalue weighted by molar-refractivity contribution is 6.30. The van der Waals surface area contributed by atoms with Crippen molar-refractivity contribution >= 4 is 23.7 Å². The highest BCUT2D eigenvalue weighted by atomic mass is 35.5. The Morgan fingerprint density at radius 1 is 1.22 bits per heavy atom. The molecule has 0 aromatic heterocycles. The molecule has 0 radical (unpaired) electrons. The molecule has 0 unspecified atom stereocenters. The largest absolute Gasteiger partial charge is 0.493 e. The number of ether oxygens (including phenoxy) is 2. The van der Waals surface area contributed by atoms with Crippen LogP contribution in [0.3, 0.4) is 0 Å². The molecule has 0 bridgehead atoms. The van der Waals surface area contributed by atoms with Crippen LogP contribution in [0.2, 0.25) is 5.02 Å². The minimum Gasteiger partial charge on any atom is -0.493 e. The van der Waals surface area contributed by atoms with E-state index in [1.165, 1.54) is 31.5 Å². The quantitative estimate of drug-likeness (QED) is 0.517. The SMILES string of the molecule is COc1cc(/C=N\OCC(=O)NCc2ccc(Cl)cc2)ccc1OC(F)F. The molecule has 0 aliphatic rings. The Balaban J connectivity index is 1.79. The topological polar surface area (TPSA) is 69.2 Å². The summed E-state index contributed by atoms with van der Waals surface area (Å²) in [7, 11) is 1.33. The molecule has 0 aliphatic heterocycles. The van der Waals surface area contributed by atoms with E-state index < -0.39 is 6.61 Å². The van der Waals surface area contributed by atoms with Crippen LogP contribution in [0.4, 0.5) is 8.78 Å². The Kier molecular flexibility index (Phi) is 7.81. The minimum absolute atomic E-state index is 0.0906. The molecule has 0 spiro atoms. The van der Waals surface area contributed by atoms with Gasteiger partial charge in [0.1, 0.15) is 0 Å². The number of alkyl halides is 2. The van der Waals surface area contributed by atoms with E-state index in [0.717, 1.165) is 5.56 Å². The number of carbonyl (C=O) groups excluding carboxylic acids is 1. The average molecular weight is 399 g/mol. The molecular formula is C18H17ClF2N2O4. The lowest BCUT2D eigenvalue weighted by Crippen LogP contribution is -2.26. The normalized spacial score (nSPS) is 10.9. The van der Waals surface area contributed by atoms with Gasteiger partial charge in [0.2, 0.25) is 0 Å². The van der Waals surface area contributed by atoms with E-state index in [4.69, 9.17) is 21.2 Å². The van der Waals surface area contributed by atoms with E-state index in [1.54, 1.807) is 24.3 Å². The van der Waals surface area contributed by atoms with Crippen molar-refractivity contribution in [1.29, 1.82) is 0 Å². The van der Waals surface area contributed by atoms with Gasteiger partial charge in [-0.1, -0.05) is 28.9 Å². The van der Waals surface area contributed by atoms with Gasteiger partial charge in [-0.3, -0.25) is 4.79 Å². The van der Waals surface area contributed by atoms with Gasteiger partial charge < -0.3 is 19.6 Å². The van der Waals surface area contributed by atoms with E-state index >= 15 is 0 Å². The van der Waals surface area contributed by atoms with Gasteiger partial charge in [-0.15, -0.1) is 0 Å². The van der Waals surface area contributed by atoms with Gasteiger partial charge in [0.25, 0.3) is 5.91 Å². The zero-order chi connectivity index (χ0) is 19.6. The molecular weight excluding hydrogens is 382 g/mol. The van der Waals surface area contributed by atoms with Gasteiger partial charge in [0.15, 0.2) is 18.1 Å². The van der Waals surface area contributed by atoms with Gasteiger partial charge in [0, 0.05) is 17.1 Å². The molecule has 0 saturated carbocycles. The number of methoxy groups -OCH3 is 1. The van der Waals surface area contributed by atoms with Gasteiger partial charge in [-0.05, 0) is 35.9 Å². The first kappa shape index (κ1) is 20.4. The van der Waals surface area contributed by atoms with Crippen molar-refractivity contribution in [3.05, 3.63) is 58.6 Å². The number of amides is 1. The molecule has 0 saturated heterocycles. The second-order valence-corrected chi connectivity index (χ2v) is 5.64. The van der Waals surface area contributed by atoms with Crippen molar-refractivity contribution in [2.24, 2.45) is 5.16 Å². The number of oxime groups is 1. The molecule has 0 aliphatic carbocycles. The number of benzene rings is 2. The third-order valence-electron chi connectivity index (χ3n) is 3.28. The smallest absolute Gasteiger partial charge is 0.387 e. The summed E-state index contributed by atoms with van der Waals surface area (Å²) in [6.07, 6.45) is 1.32. The number of carbonyl (C=O) groups is 1. The van der Waals surface area contributed by atoms with Crippen LogP contribution in [0.5, 0.6) is 11.5 Å². The van der Waals surface area contributed by atoms with Crippen LogP contribution in [0, 0.1) is 0 Å². The maximum atomic E-state index is 12.3. The van der Waals surface area contributed by atoms with Crippen LogP contribution in [0.1, 0.15) is 11.1 Å². The van der Waals surface area contributed by atoms with Gasteiger partial charge in [0.05, 0.1) is 13.3 Å². The Hall–Kier alpha value is -2.87. The van der Waals surface area contributed by atoms with E-state index in [2.05, 4.69) is 15.2 Å². The number of hydrogen-bond donors (Lipinski definition) is 1. The number of nitrogens with zero attached hydrogens (tertiary/aromatic N) is 1. The molecule has 2 aromatic rings. The molecule has 0 fully saturated rings. The van der Waals surface area contributed by atoms with Crippen molar-refractivity contribution in [3.63, 3.8) is 0 Å². The highest BCUT2D eigenvalue weighted by Crippen LogP contribution is 2.28. The second kappa shape index (κ2) is 10.3. The maximum Gasteiger partial charge on any atom is 0.387 e. The number of halogens is 3. The Morgan fingerprint density at radius 3 is 2.63 bits per heavy atom. The first-order valence-electron chi connectivity index (χ1n) is 7.77. The lowest BCUT2D eigenvalue weighted by molar-refractivity contribution is -0.125. The predicted molar refractivity (Wildman–Crippen MR) is 96.5 cm³/mol. The van der Waals surface area contributed by atoms with Gasteiger partial charge >= 0.3 is 6.61 Å². The first-order chi connectivity index (χ1) is 13.0. The van der Waals surface area contributed by atoms with Gasteiger partial charge in [-0.25, -0.2) is 0 Å². The fourth-order valence-corrected chi connectivity index (χ4v) is 2.13. The van der Waals surface area contributed by atoms with Crippen LogP contribution >= 0.6 is 11.6 Å². The summed E-state index contributed by atoms with van der Waals surface area (Å²) < 4.78 is 33.9. The molecule has 6 nitrogen and oxygen atoms in total. The molecule has 1 N–H and O–H groups in total.